The second-order valence-corrected chi connectivity index (χ2v) is 5.65. The summed E-state index contributed by atoms with van der Waals surface area (Å²) < 4.78 is 9.75. The first-order chi connectivity index (χ1) is 10.9. The molecule has 0 aromatic heterocycles. The number of rotatable bonds is 10. The Bertz CT molecular complexity index is 434. The van der Waals surface area contributed by atoms with Crippen LogP contribution in [0.1, 0.15) is 53.9 Å². The van der Waals surface area contributed by atoms with Gasteiger partial charge in [0.1, 0.15) is 5.57 Å². The molecule has 4 nitrogen and oxygen atoms in total. The zero-order valence-electron chi connectivity index (χ0n) is 15.1. The van der Waals surface area contributed by atoms with E-state index < -0.39 is 11.9 Å². The summed E-state index contributed by atoms with van der Waals surface area (Å²) in [5, 5.41) is 0. The SMILES string of the molecule is CCOC(=O)C(=C/C=C/CC(C)CCC=C(C)C)C(=O)OCC. The van der Waals surface area contributed by atoms with Gasteiger partial charge in [-0.25, -0.2) is 9.59 Å². The molecule has 0 bridgehead atoms. The van der Waals surface area contributed by atoms with Gasteiger partial charge in [0, 0.05) is 0 Å². The van der Waals surface area contributed by atoms with Crippen LogP contribution < -0.4 is 0 Å². The quantitative estimate of drug-likeness (QED) is 0.150. The van der Waals surface area contributed by atoms with Gasteiger partial charge in [-0.05, 0) is 59.0 Å². The van der Waals surface area contributed by atoms with Crippen molar-refractivity contribution in [2.45, 2.75) is 53.9 Å². The Hall–Kier alpha value is -1.84. The minimum atomic E-state index is -0.646. The van der Waals surface area contributed by atoms with E-state index in [1.54, 1.807) is 19.9 Å². The fourth-order valence-electron chi connectivity index (χ4n) is 1.89. The molecule has 0 heterocycles. The molecular weight excluding hydrogens is 292 g/mol. The highest BCUT2D eigenvalue weighted by Gasteiger charge is 2.19. The first kappa shape index (κ1) is 21.2. The van der Waals surface area contributed by atoms with Crippen LogP contribution >= 0.6 is 0 Å². The van der Waals surface area contributed by atoms with Crippen molar-refractivity contribution in [3.8, 4) is 0 Å². The van der Waals surface area contributed by atoms with Crippen molar-refractivity contribution in [2.75, 3.05) is 13.2 Å². The molecule has 0 radical (unpaired) electrons. The van der Waals surface area contributed by atoms with Gasteiger partial charge in [-0.3, -0.25) is 0 Å². The molecule has 0 N–H and O–H groups in total. The van der Waals surface area contributed by atoms with Gasteiger partial charge in [-0.2, -0.15) is 0 Å². The number of carbonyl (C=O) groups is 2. The third-order valence-corrected chi connectivity index (χ3v) is 3.14. The van der Waals surface area contributed by atoms with Gasteiger partial charge in [0.25, 0.3) is 0 Å². The van der Waals surface area contributed by atoms with Gasteiger partial charge in [-0.1, -0.05) is 30.7 Å². The van der Waals surface area contributed by atoms with Gasteiger partial charge in [-0.15, -0.1) is 0 Å². The minimum Gasteiger partial charge on any atom is -0.462 e. The summed E-state index contributed by atoms with van der Waals surface area (Å²) in [4.78, 5) is 23.5. The molecule has 1 unspecified atom stereocenters. The predicted octanol–water partition coefficient (Wildman–Crippen LogP) is 4.37. The Balaban J connectivity index is 4.59. The first-order valence-corrected chi connectivity index (χ1v) is 8.26. The summed E-state index contributed by atoms with van der Waals surface area (Å²) in [6.45, 7) is 10.2. The summed E-state index contributed by atoms with van der Waals surface area (Å²) in [5.74, 6) is -0.747. The fraction of sp³-hybridized carbons (Fsp3) is 0.579. The van der Waals surface area contributed by atoms with Crippen molar-refractivity contribution >= 4 is 11.9 Å². The number of hydrogen-bond donors (Lipinski definition) is 0. The van der Waals surface area contributed by atoms with E-state index in [1.165, 1.54) is 11.6 Å². The van der Waals surface area contributed by atoms with Crippen LogP contribution in [-0.4, -0.2) is 25.2 Å². The molecule has 0 aliphatic heterocycles. The lowest BCUT2D eigenvalue weighted by Gasteiger charge is -2.06. The Kier molecular flexibility index (Phi) is 11.7. The van der Waals surface area contributed by atoms with E-state index in [9.17, 15) is 9.59 Å². The Morgan fingerprint density at radius 2 is 1.61 bits per heavy atom. The normalized spacial score (nSPS) is 11.7. The summed E-state index contributed by atoms with van der Waals surface area (Å²) in [7, 11) is 0. The zero-order valence-corrected chi connectivity index (χ0v) is 15.1. The van der Waals surface area contributed by atoms with Crippen LogP contribution in [0.3, 0.4) is 0 Å². The van der Waals surface area contributed by atoms with Crippen LogP contribution in [-0.2, 0) is 19.1 Å². The average Bonchev–Trinajstić information content (AvgIpc) is 2.47. The lowest BCUT2D eigenvalue weighted by Crippen LogP contribution is -2.18. The van der Waals surface area contributed by atoms with Crippen molar-refractivity contribution in [1.29, 1.82) is 0 Å². The highest BCUT2D eigenvalue weighted by atomic mass is 16.6. The highest BCUT2D eigenvalue weighted by molar-refractivity contribution is 6.14. The number of hydrogen-bond acceptors (Lipinski definition) is 4. The van der Waals surface area contributed by atoms with Crippen molar-refractivity contribution in [1.82, 2.24) is 0 Å². The Labute approximate surface area is 140 Å². The van der Waals surface area contributed by atoms with E-state index in [4.69, 9.17) is 9.47 Å². The summed E-state index contributed by atoms with van der Waals surface area (Å²) >= 11 is 0. The molecule has 0 saturated heterocycles. The van der Waals surface area contributed by atoms with Crippen LogP contribution in [0.4, 0.5) is 0 Å². The van der Waals surface area contributed by atoms with E-state index in [0.29, 0.717) is 5.92 Å². The van der Waals surface area contributed by atoms with Gasteiger partial charge < -0.3 is 9.47 Å². The Morgan fingerprint density at radius 1 is 1.04 bits per heavy atom. The van der Waals surface area contributed by atoms with Gasteiger partial charge in [0.2, 0.25) is 0 Å². The smallest absolute Gasteiger partial charge is 0.345 e. The summed E-state index contributed by atoms with van der Waals surface area (Å²) in [5.41, 5.74) is 1.27. The van der Waals surface area contributed by atoms with Crippen molar-refractivity contribution in [3.63, 3.8) is 0 Å². The van der Waals surface area contributed by atoms with Crippen LogP contribution in [0, 0.1) is 5.92 Å². The van der Waals surface area contributed by atoms with E-state index in [2.05, 4.69) is 26.8 Å². The third-order valence-electron chi connectivity index (χ3n) is 3.14. The van der Waals surface area contributed by atoms with Crippen LogP contribution in [0.25, 0.3) is 0 Å². The molecule has 0 aliphatic rings. The largest absolute Gasteiger partial charge is 0.462 e. The second kappa shape index (κ2) is 12.7. The molecule has 1 atom stereocenters. The Morgan fingerprint density at radius 3 is 2.09 bits per heavy atom. The topological polar surface area (TPSA) is 52.6 Å². The first-order valence-electron chi connectivity index (χ1n) is 8.26. The molecule has 23 heavy (non-hydrogen) atoms. The maximum absolute atomic E-state index is 11.8. The highest BCUT2D eigenvalue weighted by Crippen LogP contribution is 2.12. The number of allylic oxidation sites excluding steroid dienone is 5. The molecule has 130 valence electrons. The molecular formula is C19H30O4. The molecule has 0 fully saturated rings. The molecule has 0 saturated carbocycles. The van der Waals surface area contributed by atoms with Crippen molar-refractivity contribution in [3.05, 3.63) is 35.5 Å². The molecule has 0 aliphatic carbocycles. The lowest BCUT2D eigenvalue weighted by atomic mass is 10.0. The lowest BCUT2D eigenvalue weighted by molar-refractivity contribution is -0.146. The maximum atomic E-state index is 11.8. The van der Waals surface area contributed by atoms with E-state index in [0.717, 1.165) is 19.3 Å². The van der Waals surface area contributed by atoms with Gasteiger partial charge >= 0.3 is 11.9 Å². The van der Waals surface area contributed by atoms with E-state index in [-0.39, 0.29) is 18.8 Å². The van der Waals surface area contributed by atoms with Crippen LogP contribution in [0.15, 0.2) is 35.5 Å². The molecule has 4 heteroatoms. The molecule has 0 rings (SSSR count). The van der Waals surface area contributed by atoms with Crippen LogP contribution in [0.5, 0.6) is 0 Å². The summed E-state index contributed by atoms with van der Waals surface area (Å²) in [6.07, 6.45) is 10.5. The van der Waals surface area contributed by atoms with Crippen molar-refractivity contribution in [2.24, 2.45) is 5.92 Å². The van der Waals surface area contributed by atoms with E-state index in [1.807, 2.05) is 6.08 Å². The van der Waals surface area contributed by atoms with E-state index >= 15 is 0 Å². The second-order valence-electron chi connectivity index (χ2n) is 5.65. The zero-order chi connectivity index (χ0) is 17.7. The molecule has 0 spiro atoms. The number of esters is 2. The number of ether oxygens (including phenoxy) is 2. The average molecular weight is 322 g/mol. The number of carbonyl (C=O) groups excluding carboxylic acids is 2. The third kappa shape index (κ3) is 10.5. The maximum Gasteiger partial charge on any atom is 0.345 e. The molecule has 0 aromatic carbocycles. The monoisotopic (exact) mass is 322 g/mol. The minimum absolute atomic E-state index is 0.0675. The predicted molar refractivity (Wildman–Crippen MR) is 92.9 cm³/mol. The molecule has 0 aromatic rings. The summed E-state index contributed by atoms with van der Waals surface area (Å²) in [6, 6.07) is 0. The molecule has 0 amide bonds. The van der Waals surface area contributed by atoms with Crippen LogP contribution in [0.2, 0.25) is 0 Å². The van der Waals surface area contributed by atoms with Gasteiger partial charge in [0.15, 0.2) is 0 Å². The fourth-order valence-corrected chi connectivity index (χ4v) is 1.89. The van der Waals surface area contributed by atoms with Gasteiger partial charge in [0.05, 0.1) is 13.2 Å². The standard InChI is InChI=1S/C19H30O4/c1-6-22-18(20)17(19(21)23-7-2)14-9-8-12-16(5)13-10-11-15(3)4/h8-9,11,14,16H,6-7,10,12-13H2,1-5H3/b9-8+. The van der Waals surface area contributed by atoms with Crippen molar-refractivity contribution < 1.29 is 19.1 Å².